The van der Waals surface area contributed by atoms with Crippen molar-refractivity contribution in [2.24, 2.45) is 10.9 Å². The molecular weight excluding hydrogens is 391 g/mol. The van der Waals surface area contributed by atoms with Gasteiger partial charge in [0.05, 0.1) is 6.54 Å². The van der Waals surface area contributed by atoms with Gasteiger partial charge in [-0.25, -0.2) is 0 Å². The van der Waals surface area contributed by atoms with E-state index in [9.17, 15) is 4.79 Å². The van der Waals surface area contributed by atoms with Gasteiger partial charge in [-0.2, -0.15) is 0 Å². The van der Waals surface area contributed by atoms with Crippen molar-refractivity contribution in [3.8, 4) is 0 Å². The molecule has 0 radical (unpaired) electrons. The summed E-state index contributed by atoms with van der Waals surface area (Å²) in [5, 5.41) is 3.27. The second-order valence-electron chi connectivity index (χ2n) is 5.74. The molecule has 1 aliphatic carbocycles. The van der Waals surface area contributed by atoms with Crippen LogP contribution in [0.1, 0.15) is 46.5 Å². The highest BCUT2D eigenvalue weighted by Gasteiger charge is 2.20. The van der Waals surface area contributed by atoms with E-state index < -0.39 is 0 Å². The highest BCUT2D eigenvalue weighted by molar-refractivity contribution is 14.0. The van der Waals surface area contributed by atoms with E-state index in [1.165, 1.54) is 19.3 Å². The highest BCUT2D eigenvalue weighted by atomic mass is 127. The number of amides is 1. The molecule has 0 bridgehead atoms. The zero-order valence-electron chi connectivity index (χ0n) is 14.6. The van der Waals surface area contributed by atoms with E-state index in [-0.39, 0.29) is 29.9 Å². The number of nitrogens with one attached hydrogen (secondary N) is 1. The summed E-state index contributed by atoms with van der Waals surface area (Å²) in [6.07, 6.45) is 5.26. The fraction of sp³-hybridized carbons (Fsp3) is 0.875. The standard InChI is InChI=1S/C16H32N4O.HI/c1-5-17-16(18-12-8-9-14-10-11-14)19(4)13-15(21)20(6-2)7-3;/h14H,5-13H2,1-4H3,(H,17,18);1H. The lowest BCUT2D eigenvalue weighted by Crippen LogP contribution is -2.45. The van der Waals surface area contributed by atoms with Crippen molar-refractivity contribution in [1.82, 2.24) is 15.1 Å². The Hall–Kier alpha value is -0.530. The van der Waals surface area contributed by atoms with Gasteiger partial charge in [0.25, 0.3) is 0 Å². The number of guanidine groups is 1. The Labute approximate surface area is 152 Å². The molecule has 0 aliphatic heterocycles. The maximum Gasteiger partial charge on any atom is 0.242 e. The van der Waals surface area contributed by atoms with Crippen LogP contribution >= 0.6 is 24.0 Å². The summed E-state index contributed by atoms with van der Waals surface area (Å²) in [5.74, 6) is 1.96. The van der Waals surface area contributed by atoms with Gasteiger partial charge in [-0.1, -0.05) is 12.8 Å². The van der Waals surface area contributed by atoms with Crippen LogP contribution in [-0.4, -0.2) is 61.4 Å². The molecule has 0 unspecified atom stereocenters. The first kappa shape index (κ1) is 21.5. The van der Waals surface area contributed by atoms with Crippen LogP contribution in [0, 0.1) is 5.92 Å². The first-order valence-corrected chi connectivity index (χ1v) is 8.39. The summed E-state index contributed by atoms with van der Waals surface area (Å²) < 4.78 is 0. The van der Waals surface area contributed by atoms with Crippen LogP contribution in [0.4, 0.5) is 0 Å². The minimum Gasteiger partial charge on any atom is -0.357 e. The van der Waals surface area contributed by atoms with Gasteiger partial charge in [0.15, 0.2) is 5.96 Å². The van der Waals surface area contributed by atoms with Gasteiger partial charge in [-0.15, -0.1) is 24.0 Å². The number of likely N-dealkylation sites (N-methyl/N-ethyl adjacent to an activating group) is 2. The first-order valence-electron chi connectivity index (χ1n) is 8.39. The molecule has 130 valence electrons. The average molecular weight is 424 g/mol. The van der Waals surface area contributed by atoms with Crippen LogP contribution in [0.25, 0.3) is 0 Å². The first-order chi connectivity index (χ1) is 10.1. The topological polar surface area (TPSA) is 47.9 Å². The molecule has 6 heteroatoms. The maximum absolute atomic E-state index is 12.2. The van der Waals surface area contributed by atoms with Crippen LogP contribution < -0.4 is 5.32 Å². The van der Waals surface area contributed by atoms with Gasteiger partial charge < -0.3 is 15.1 Å². The zero-order valence-corrected chi connectivity index (χ0v) is 16.9. The number of hydrogen-bond acceptors (Lipinski definition) is 2. The van der Waals surface area contributed by atoms with E-state index >= 15 is 0 Å². The van der Waals surface area contributed by atoms with Gasteiger partial charge in [-0.3, -0.25) is 9.79 Å². The Morgan fingerprint density at radius 3 is 2.36 bits per heavy atom. The number of aliphatic imine (C=N–C) groups is 1. The third kappa shape index (κ3) is 8.19. The summed E-state index contributed by atoms with van der Waals surface area (Å²) >= 11 is 0. The number of nitrogens with zero attached hydrogens (tertiary/aromatic N) is 3. The smallest absolute Gasteiger partial charge is 0.242 e. The Morgan fingerprint density at radius 2 is 1.86 bits per heavy atom. The lowest BCUT2D eigenvalue weighted by Gasteiger charge is -2.25. The summed E-state index contributed by atoms with van der Waals surface area (Å²) in [7, 11) is 1.93. The van der Waals surface area contributed by atoms with Crippen molar-refractivity contribution < 1.29 is 4.79 Å². The van der Waals surface area contributed by atoms with Crippen LogP contribution in [0.3, 0.4) is 0 Å². The molecule has 0 heterocycles. The fourth-order valence-electron chi connectivity index (χ4n) is 2.40. The van der Waals surface area contributed by atoms with Gasteiger partial charge >= 0.3 is 0 Å². The Morgan fingerprint density at radius 1 is 1.23 bits per heavy atom. The summed E-state index contributed by atoms with van der Waals surface area (Å²) in [5.41, 5.74) is 0. The van der Waals surface area contributed by atoms with E-state index in [2.05, 4.69) is 17.2 Å². The minimum absolute atomic E-state index is 0. The van der Waals surface area contributed by atoms with Crippen LogP contribution in [0.2, 0.25) is 0 Å². The van der Waals surface area contributed by atoms with Gasteiger partial charge in [0.1, 0.15) is 0 Å². The van der Waals surface area contributed by atoms with Crippen molar-refractivity contribution in [3.05, 3.63) is 0 Å². The van der Waals surface area contributed by atoms with Crippen molar-refractivity contribution in [2.75, 3.05) is 39.8 Å². The fourth-order valence-corrected chi connectivity index (χ4v) is 2.40. The molecular formula is C16H33IN4O. The number of rotatable bonds is 9. The van der Waals surface area contributed by atoms with E-state index in [1.807, 2.05) is 30.7 Å². The molecule has 1 amide bonds. The lowest BCUT2D eigenvalue weighted by atomic mass is 10.2. The molecule has 1 aliphatic rings. The Balaban J connectivity index is 0.00000441. The second-order valence-corrected chi connectivity index (χ2v) is 5.74. The largest absolute Gasteiger partial charge is 0.357 e. The number of carbonyl (C=O) groups is 1. The van der Waals surface area contributed by atoms with E-state index in [0.717, 1.165) is 44.5 Å². The van der Waals surface area contributed by atoms with Crippen molar-refractivity contribution >= 4 is 35.8 Å². The number of hydrogen-bond donors (Lipinski definition) is 1. The summed E-state index contributed by atoms with van der Waals surface area (Å²) in [4.78, 5) is 20.6. The third-order valence-corrected chi connectivity index (χ3v) is 3.91. The molecule has 1 fully saturated rings. The van der Waals surface area contributed by atoms with E-state index in [1.54, 1.807) is 0 Å². The molecule has 0 saturated heterocycles. The zero-order chi connectivity index (χ0) is 15.7. The molecule has 1 N–H and O–H groups in total. The van der Waals surface area contributed by atoms with Gasteiger partial charge in [0, 0.05) is 33.2 Å². The quantitative estimate of drug-likeness (QED) is 0.268. The van der Waals surface area contributed by atoms with Crippen molar-refractivity contribution in [3.63, 3.8) is 0 Å². The van der Waals surface area contributed by atoms with Gasteiger partial charge in [-0.05, 0) is 39.5 Å². The molecule has 0 aromatic carbocycles. The molecule has 0 aromatic heterocycles. The third-order valence-electron chi connectivity index (χ3n) is 3.91. The molecule has 0 atom stereocenters. The minimum atomic E-state index is 0. The van der Waals surface area contributed by atoms with Gasteiger partial charge in [0.2, 0.25) is 5.91 Å². The second kappa shape index (κ2) is 12.0. The molecule has 22 heavy (non-hydrogen) atoms. The molecule has 5 nitrogen and oxygen atoms in total. The Kier molecular flexibility index (Phi) is 11.7. The van der Waals surface area contributed by atoms with E-state index in [0.29, 0.717) is 6.54 Å². The van der Waals surface area contributed by atoms with Crippen LogP contribution in [0.15, 0.2) is 4.99 Å². The predicted octanol–water partition coefficient (Wildman–Crippen LogP) is 2.56. The lowest BCUT2D eigenvalue weighted by molar-refractivity contribution is -0.131. The SMILES string of the molecule is CCNC(=NCCCC1CC1)N(C)CC(=O)N(CC)CC.I. The Bertz CT molecular complexity index is 341. The molecule has 0 aromatic rings. The molecule has 0 spiro atoms. The average Bonchev–Trinajstić information content (AvgIpc) is 3.27. The van der Waals surface area contributed by atoms with Crippen molar-refractivity contribution in [1.29, 1.82) is 0 Å². The molecule has 1 rings (SSSR count). The van der Waals surface area contributed by atoms with Crippen LogP contribution in [-0.2, 0) is 4.79 Å². The molecule has 1 saturated carbocycles. The maximum atomic E-state index is 12.2. The van der Waals surface area contributed by atoms with E-state index in [4.69, 9.17) is 0 Å². The van der Waals surface area contributed by atoms with Crippen LogP contribution in [0.5, 0.6) is 0 Å². The number of carbonyl (C=O) groups excluding carboxylic acids is 1. The predicted molar refractivity (Wildman–Crippen MR) is 104 cm³/mol. The highest BCUT2D eigenvalue weighted by Crippen LogP contribution is 2.33. The summed E-state index contributed by atoms with van der Waals surface area (Å²) in [6.45, 7) is 9.66. The summed E-state index contributed by atoms with van der Waals surface area (Å²) in [6, 6.07) is 0. The number of halogens is 1. The van der Waals surface area contributed by atoms with Crippen molar-refractivity contribution in [2.45, 2.75) is 46.5 Å². The normalized spacial score (nSPS) is 14.3. The monoisotopic (exact) mass is 424 g/mol.